The van der Waals surface area contributed by atoms with Gasteiger partial charge in [0.1, 0.15) is 0 Å². The maximum absolute atomic E-state index is 6.34. The number of rotatable bonds is 3. The standard InChI is InChI=1S/C17H15ClN2/c18-15-8-4-2-6-13(15)11-16(19)17-14-7-3-1-5-12(14)9-10-20-17/h1-10,16H,11,19H2. The molecule has 1 aromatic heterocycles. The number of aromatic nitrogens is 1. The highest BCUT2D eigenvalue weighted by molar-refractivity contribution is 6.31. The molecule has 0 aliphatic heterocycles. The highest BCUT2D eigenvalue weighted by Crippen LogP contribution is 2.25. The third kappa shape index (κ3) is 2.53. The van der Waals surface area contributed by atoms with E-state index in [1.54, 1.807) is 0 Å². The molecule has 100 valence electrons. The lowest BCUT2D eigenvalue weighted by molar-refractivity contribution is 0.704. The van der Waals surface area contributed by atoms with Crippen LogP contribution in [0.5, 0.6) is 0 Å². The molecule has 20 heavy (non-hydrogen) atoms. The highest BCUT2D eigenvalue weighted by atomic mass is 35.5. The molecule has 0 aliphatic carbocycles. The number of hydrogen-bond donors (Lipinski definition) is 1. The molecule has 0 fully saturated rings. The minimum Gasteiger partial charge on any atom is -0.322 e. The number of fused-ring (bicyclic) bond motifs is 1. The fraction of sp³-hybridized carbons (Fsp3) is 0.118. The molecular weight excluding hydrogens is 268 g/mol. The Morgan fingerprint density at radius 1 is 1.00 bits per heavy atom. The fourth-order valence-electron chi connectivity index (χ4n) is 2.44. The highest BCUT2D eigenvalue weighted by Gasteiger charge is 2.13. The van der Waals surface area contributed by atoms with Crippen LogP contribution in [-0.4, -0.2) is 4.98 Å². The molecule has 2 nitrogen and oxygen atoms in total. The van der Waals surface area contributed by atoms with Gasteiger partial charge in [-0.2, -0.15) is 0 Å². The van der Waals surface area contributed by atoms with Crippen LogP contribution in [0.1, 0.15) is 17.3 Å². The molecule has 1 unspecified atom stereocenters. The van der Waals surface area contributed by atoms with E-state index in [-0.39, 0.29) is 6.04 Å². The van der Waals surface area contributed by atoms with E-state index >= 15 is 0 Å². The van der Waals surface area contributed by atoms with Crippen molar-refractivity contribution in [2.75, 3.05) is 0 Å². The van der Waals surface area contributed by atoms with Crippen LogP contribution in [0, 0.1) is 0 Å². The minimum atomic E-state index is -0.166. The van der Waals surface area contributed by atoms with Gasteiger partial charge in [-0.25, -0.2) is 0 Å². The van der Waals surface area contributed by atoms with E-state index < -0.39 is 0 Å². The van der Waals surface area contributed by atoms with Crippen molar-refractivity contribution in [3.8, 4) is 0 Å². The van der Waals surface area contributed by atoms with E-state index in [9.17, 15) is 0 Å². The Morgan fingerprint density at radius 3 is 2.60 bits per heavy atom. The zero-order chi connectivity index (χ0) is 13.9. The summed E-state index contributed by atoms with van der Waals surface area (Å²) in [6, 6.07) is 17.8. The normalized spacial score (nSPS) is 12.5. The van der Waals surface area contributed by atoms with Crippen LogP contribution in [0.4, 0.5) is 0 Å². The lowest BCUT2D eigenvalue weighted by Gasteiger charge is -2.14. The molecule has 1 atom stereocenters. The molecule has 0 saturated carbocycles. The van der Waals surface area contributed by atoms with Crippen LogP contribution in [0.2, 0.25) is 5.02 Å². The van der Waals surface area contributed by atoms with Crippen molar-refractivity contribution in [3.05, 3.63) is 77.1 Å². The summed E-state index contributed by atoms with van der Waals surface area (Å²) in [4.78, 5) is 4.46. The van der Waals surface area contributed by atoms with Gasteiger partial charge in [-0.1, -0.05) is 54.1 Å². The molecule has 0 bridgehead atoms. The van der Waals surface area contributed by atoms with Gasteiger partial charge in [0, 0.05) is 16.6 Å². The van der Waals surface area contributed by atoms with Crippen molar-refractivity contribution in [3.63, 3.8) is 0 Å². The zero-order valence-corrected chi connectivity index (χ0v) is 11.7. The van der Waals surface area contributed by atoms with Crippen LogP contribution in [0.15, 0.2) is 60.8 Å². The third-order valence-electron chi connectivity index (χ3n) is 3.45. The van der Waals surface area contributed by atoms with E-state index in [1.165, 1.54) is 0 Å². The average Bonchev–Trinajstić information content (AvgIpc) is 2.49. The minimum absolute atomic E-state index is 0.166. The quantitative estimate of drug-likeness (QED) is 0.784. The Kier molecular flexibility index (Phi) is 3.68. The smallest absolute Gasteiger partial charge is 0.0652 e. The van der Waals surface area contributed by atoms with Gasteiger partial charge in [0.2, 0.25) is 0 Å². The molecule has 3 heteroatoms. The maximum atomic E-state index is 6.34. The molecular formula is C17H15ClN2. The van der Waals surface area contributed by atoms with E-state index in [2.05, 4.69) is 17.1 Å². The van der Waals surface area contributed by atoms with E-state index in [0.29, 0.717) is 6.42 Å². The second-order valence-electron chi connectivity index (χ2n) is 4.82. The van der Waals surface area contributed by atoms with E-state index in [0.717, 1.165) is 27.1 Å². The van der Waals surface area contributed by atoms with E-state index in [1.807, 2.05) is 48.7 Å². The second kappa shape index (κ2) is 5.61. The number of hydrogen-bond acceptors (Lipinski definition) is 2. The monoisotopic (exact) mass is 282 g/mol. The summed E-state index contributed by atoms with van der Waals surface area (Å²) in [6.07, 6.45) is 2.49. The molecule has 2 N–H and O–H groups in total. The zero-order valence-electron chi connectivity index (χ0n) is 11.0. The molecule has 3 aromatic rings. The van der Waals surface area contributed by atoms with Gasteiger partial charge in [0.25, 0.3) is 0 Å². The molecule has 0 spiro atoms. The Labute approximate surface area is 123 Å². The van der Waals surface area contributed by atoms with Crippen molar-refractivity contribution in [2.45, 2.75) is 12.5 Å². The summed E-state index contributed by atoms with van der Waals surface area (Å²) >= 11 is 6.20. The number of benzene rings is 2. The van der Waals surface area contributed by atoms with Gasteiger partial charge >= 0.3 is 0 Å². The van der Waals surface area contributed by atoms with Crippen molar-refractivity contribution in [2.24, 2.45) is 5.73 Å². The topological polar surface area (TPSA) is 38.9 Å². The molecule has 2 aromatic carbocycles. The summed E-state index contributed by atoms with van der Waals surface area (Å²) in [5, 5.41) is 3.02. The van der Waals surface area contributed by atoms with Crippen LogP contribution < -0.4 is 5.73 Å². The lowest BCUT2D eigenvalue weighted by atomic mass is 9.99. The Bertz CT molecular complexity index is 734. The summed E-state index contributed by atoms with van der Waals surface area (Å²) in [5.41, 5.74) is 8.31. The first-order valence-corrected chi connectivity index (χ1v) is 6.96. The lowest BCUT2D eigenvalue weighted by Crippen LogP contribution is -2.15. The van der Waals surface area contributed by atoms with Gasteiger partial charge in [-0.15, -0.1) is 0 Å². The number of pyridine rings is 1. The second-order valence-corrected chi connectivity index (χ2v) is 5.23. The van der Waals surface area contributed by atoms with Gasteiger partial charge in [0.05, 0.1) is 11.7 Å². The molecule has 0 aliphatic rings. The van der Waals surface area contributed by atoms with Crippen molar-refractivity contribution in [1.82, 2.24) is 4.98 Å². The molecule has 0 amide bonds. The van der Waals surface area contributed by atoms with Crippen LogP contribution in [0.3, 0.4) is 0 Å². The Hall–Kier alpha value is -1.90. The maximum Gasteiger partial charge on any atom is 0.0652 e. The first-order chi connectivity index (χ1) is 9.75. The SMILES string of the molecule is NC(Cc1ccccc1Cl)c1nccc2ccccc12. The average molecular weight is 283 g/mol. The Morgan fingerprint density at radius 2 is 1.75 bits per heavy atom. The summed E-state index contributed by atoms with van der Waals surface area (Å²) in [6.45, 7) is 0. The predicted molar refractivity (Wildman–Crippen MR) is 83.8 cm³/mol. The van der Waals surface area contributed by atoms with Crippen LogP contribution in [0.25, 0.3) is 10.8 Å². The molecule has 0 radical (unpaired) electrons. The molecule has 1 heterocycles. The molecule has 3 rings (SSSR count). The summed E-state index contributed by atoms with van der Waals surface area (Å²) in [5.74, 6) is 0. The number of nitrogens with zero attached hydrogens (tertiary/aromatic N) is 1. The number of halogens is 1. The number of nitrogens with two attached hydrogens (primary N) is 1. The van der Waals surface area contributed by atoms with Crippen molar-refractivity contribution >= 4 is 22.4 Å². The first-order valence-electron chi connectivity index (χ1n) is 6.58. The van der Waals surface area contributed by atoms with Crippen molar-refractivity contribution in [1.29, 1.82) is 0 Å². The van der Waals surface area contributed by atoms with Gasteiger partial charge in [0.15, 0.2) is 0 Å². The summed E-state index contributed by atoms with van der Waals surface area (Å²) < 4.78 is 0. The Balaban J connectivity index is 1.97. The van der Waals surface area contributed by atoms with Gasteiger partial charge in [-0.3, -0.25) is 4.98 Å². The predicted octanol–water partition coefficient (Wildman–Crippen LogP) is 4.13. The largest absolute Gasteiger partial charge is 0.322 e. The fourth-order valence-corrected chi connectivity index (χ4v) is 2.65. The van der Waals surface area contributed by atoms with Crippen LogP contribution >= 0.6 is 11.6 Å². The van der Waals surface area contributed by atoms with Crippen LogP contribution in [-0.2, 0) is 6.42 Å². The van der Waals surface area contributed by atoms with Gasteiger partial charge in [-0.05, 0) is 29.5 Å². The van der Waals surface area contributed by atoms with Crippen molar-refractivity contribution < 1.29 is 0 Å². The van der Waals surface area contributed by atoms with E-state index in [4.69, 9.17) is 17.3 Å². The van der Waals surface area contributed by atoms with Gasteiger partial charge < -0.3 is 5.73 Å². The third-order valence-corrected chi connectivity index (χ3v) is 3.82. The summed E-state index contributed by atoms with van der Waals surface area (Å²) in [7, 11) is 0. The molecule has 0 saturated heterocycles. The first kappa shape index (κ1) is 13.1.